The Kier molecular flexibility index (Phi) is 3.25. The minimum absolute atomic E-state index is 0.112. The summed E-state index contributed by atoms with van der Waals surface area (Å²) in [5.41, 5.74) is -0.112. The summed E-state index contributed by atoms with van der Waals surface area (Å²) < 4.78 is 14.6. The van der Waals surface area contributed by atoms with Gasteiger partial charge in [-0.05, 0) is 35.1 Å². The lowest BCUT2D eigenvalue weighted by Gasteiger charge is -2.03. The third-order valence-corrected chi connectivity index (χ3v) is 2.25. The first-order valence-corrected chi connectivity index (χ1v) is 4.78. The maximum absolute atomic E-state index is 12.8. The summed E-state index contributed by atoms with van der Waals surface area (Å²) >= 11 is 1.84. The third kappa shape index (κ3) is 2.06. The Bertz CT molecular complexity index is 334. The molecule has 0 atom stereocenters. The van der Waals surface area contributed by atoms with Gasteiger partial charge in [-0.1, -0.05) is 6.92 Å². The normalized spacial score (nSPS) is 10.2. The molecule has 0 spiro atoms. The van der Waals surface area contributed by atoms with E-state index in [4.69, 9.17) is 0 Å². The molecule has 0 N–H and O–H groups in total. The predicted molar refractivity (Wildman–Crippen MR) is 53.7 cm³/mol. The highest BCUT2D eigenvalue weighted by atomic mass is 127. The average molecular weight is 281 g/mol. The minimum Gasteiger partial charge on any atom is -0.312 e. The number of rotatable bonds is 2. The molecule has 0 bridgehead atoms. The lowest BCUT2D eigenvalue weighted by molar-refractivity contribution is 0.572. The molecule has 0 saturated heterocycles. The quantitative estimate of drug-likeness (QED) is 0.760. The molecule has 1 heterocycles. The van der Waals surface area contributed by atoms with Gasteiger partial charge in [-0.2, -0.15) is 0 Å². The highest BCUT2D eigenvalue weighted by molar-refractivity contribution is 14.1. The van der Waals surface area contributed by atoms with Crippen molar-refractivity contribution in [1.82, 2.24) is 4.57 Å². The van der Waals surface area contributed by atoms with Crippen molar-refractivity contribution in [3.05, 3.63) is 32.0 Å². The first kappa shape index (κ1) is 9.70. The minimum atomic E-state index is -0.354. The molecule has 0 saturated carbocycles. The van der Waals surface area contributed by atoms with Crippen LogP contribution in [0.4, 0.5) is 4.39 Å². The van der Waals surface area contributed by atoms with E-state index in [9.17, 15) is 9.18 Å². The van der Waals surface area contributed by atoms with Crippen molar-refractivity contribution in [2.45, 2.75) is 19.9 Å². The second-order valence-corrected chi connectivity index (χ2v) is 3.67. The van der Waals surface area contributed by atoms with Gasteiger partial charge in [0.2, 0.25) is 0 Å². The fourth-order valence-corrected chi connectivity index (χ4v) is 1.58. The Hall–Kier alpha value is -0.390. The zero-order valence-corrected chi connectivity index (χ0v) is 8.84. The number of pyridine rings is 1. The van der Waals surface area contributed by atoms with Crippen LogP contribution in [0, 0.1) is 9.39 Å². The van der Waals surface area contributed by atoms with Gasteiger partial charge in [-0.25, -0.2) is 4.39 Å². The van der Waals surface area contributed by atoms with Gasteiger partial charge in [0.25, 0.3) is 5.56 Å². The van der Waals surface area contributed by atoms with Crippen LogP contribution in [0.5, 0.6) is 0 Å². The number of halogens is 2. The van der Waals surface area contributed by atoms with Crippen molar-refractivity contribution in [1.29, 1.82) is 0 Å². The van der Waals surface area contributed by atoms with Crippen molar-refractivity contribution < 1.29 is 4.39 Å². The van der Waals surface area contributed by atoms with E-state index in [0.29, 0.717) is 10.1 Å². The number of aromatic nitrogens is 1. The smallest absolute Gasteiger partial charge is 0.264 e. The van der Waals surface area contributed by atoms with Crippen LogP contribution in [0.1, 0.15) is 13.3 Å². The standard InChI is InChI=1S/C8H9FINO/c1-2-3-11-5-6(9)4-7(10)8(11)12/h4-5H,2-3H2,1H3. The second kappa shape index (κ2) is 4.02. The third-order valence-electron chi connectivity index (χ3n) is 1.47. The molecule has 0 aliphatic rings. The van der Waals surface area contributed by atoms with Gasteiger partial charge in [-0.3, -0.25) is 4.79 Å². The summed E-state index contributed by atoms with van der Waals surface area (Å²) in [5, 5.41) is 0. The Morgan fingerprint density at radius 3 is 2.92 bits per heavy atom. The second-order valence-electron chi connectivity index (χ2n) is 2.50. The van der Waals surface area contributed by atoms with Gasteiger partial charge >= 0.3 is 0 Å². The van der Waals surface area contributed by atoms with E-state index in [1.54, 1.807) is 0 Å². The van der Waals surface area contributed by atoms with Gasteiger partial charge in [0.1, 0.15) is 5.82 Å². The molecule has 2 nitrogen and oxygen atoms in total. The molecule has 4 heteroatoms. The van der Waals surface area contributed by atoms with Crippen molar-refractivity contribution in [2.75, 3.05) is 0 Å². The van der Waals surface area contributed by atoms with Crippen LogP contribution in [-0.4, -0.2) is 4.57 Å². The zero-order valence-electron chi connectivity index (χ0n) is 6.68. The van der Waals surface area contributed by atoms with E-state index >= 15 is 0 Å². The molecule has 0 aromatic carbocycles. The van der Waals surface area contributed by atoms with Gasteiger partial charge in [0.05, 0.1) is 3.57 Å². The molecule has 0 amide bonds. The van der Waals surface area contributed by atoms with Crippen LogP contribution in [0.25, 0.3) is 0 Å². The first-order valence-electron chi connectivity index (χ1n) is 3.70. The van der Waals surface area contributed by atoms with Crippen molar-refractivity contribution >= 4 is 22.6 Å². The summed E-state index contributed by atoms with van der Waals surface area (Å²) in [7, 11) is 0. The Labute approximate surface area is 83.5 Å². The fourth-order valence-electron chi connectivity index (χ4n) is 0.972. The van der Waals surface area contributed by atoms with Gasteiger partial charge in [-0.15, -0.1) is 0 Å². The summed E-state index contributed by atoms with van der Waals surface area (Å²) in [6.07, 6.45) is 2.08. The summed E-state index contributed by atoms with van der Waals surface area (Å²) in [6.45, 7) is 2.52. The van der Waals surface area contributed by atoms with E-state index in [2.05, 4.69) is 0 Å². The monoisotopic (exact) mass is 281 g/mol. The van der Waals surface area contributed by atoms with Crippen LogP contribution in [-0.2, 0) is 6.54 Å². The molecule has 0 radical (unpaired) electrons. The van der Waals surface area contributed by atoms with Crippen molar-refractivity contribution in [3.63, 3.8) is 0 Å². The first-order chi connectivity index (χ1) is 5.65. The summed E-state index contributed by atoms with van der Waals surface area (Å²) in [6, 6.07) is 1.25. The van der Waals surface area contributed by atoms with Crippen LogP contribution < -0.4 is 5.56 Å². The van der Waals surface area contributed by atoms with E-state index in [-0.39, 0.29) is 11.4 Å². The molecular formula is C8H9FINO. The predicted octanol–water partition coefficient (Wildman–Crippen LogP) is 2.00. The van der Waals surface area contributed by atoms with Crippen molar-refractivity contribution in [3.8, 4) is 0 Å². The number of nitrogens with zero attached hydrogens (tertiary/aromatic N) is 1. The molecule has 0 aliphatic carbocycles. The fraction of sp³-hybridized carbons (Fsp3) is 0.375. The maximum Gasteiger partial charge on any atom is 0.264 e. The summed E-state index contributed by atoms with van der Waals surface area (Å²) in [5.74, 6) is -0.354. The van der Waals surface area contributed by atoms with E-state index in [0.717, 1.165) is 6.42 Å². The molecular weight excluding hydrogens is 272 g/mol. The Morgan fingerprint density at radius 1 is 1.67 bits per heavy atom. The largest absolute Gasteiger partial charge is 0.312 e. The van der Waals surface area contributed by atoms with E-state index in [1.165, 1.54) is 16.8 Å². The zero-order chi connectivity index (χ0) is 9.14. The molecule has 1 aromatic rings. The molecule has 1 aromatic heterocycles. The highest BCUT2D eigenvalue weighted by Gasteiger charge is 2.02. The lowest BCUT2D eigenvalue weighted by atomic mass is 10.4. The molecule has 12 heavy (non-hydrogen) atoms. The number of hydrogen-bond acceptors (Lipinski definition) is 1. The molecule has 0 fully saturated rings. The Balaban J connectivity index is 3.19. The van der Waals surface area contributed by atoms with Crippen LogP contribution in [0.2, 0.25) is 0 Å². The number of aryl methyl sites for hydroxylation is 1. The lowest BCUT2D eigenvalue weighted by Crippen LogP contribution is -2.22. The molecule has 0 unspecified atom stereocenters. The van der Waals surface area contributed by atoms with E-state index < -0.39 is 0 Å². The molecule has 0 aliphatic heterocycles. The average Bonchev–Trinajstić information content (AvgIpc) is 2.00. The number of hydrogen-bond donors (Lipinski definition) is 0. The van der Waals surface area contributed by atoms with Crippen LogP contribution in [0.15, 0.2) is 17.1 Å². The van der Waals surface area contributed by atoms with E-state index in [1.807, 2.05) is 29.5 Å². The maximum atomic E-state index is 12.8. The van der Waals surface area contributed by atoms with Crippen LogP contribution >= 0.6 is 22.6 Å². The highest BCUT2D eigenvalue weighted by Crippen LogP contribution is 2.01. The summed E-state index contributed by atoms with van der Waals surface area (Å²) in [4.78, 5) is 11.3. The van der Waals surface area contributed by atoms with Gasteiger partial charge < -0.3 is 4.57 Å². The van der Waals surface area contributed by atoms with Gasteiger partial charge in [0, 0.05) is 12.7 Å². The molecule has 66 valence electrons. The topological polar surface area (TPSA) is 22.0 Å². The van der Waals surface area contributed by atoms with Crippen molar-refractivity contribution in [2.24, 2.45) is 0 Å². The SMILES string of the molecule is CCCn1cc(F)cc(I)c1=O. The molecule has 1 rings (SSSR count). The van der Waals surface area contributed by atoms with Gasteiger partial charge in [0.15, 0.2) is 0 Å². The Morgan fingerprint density at radius 2 is 2.33 bits per heavy atom. The van der Waals surface area contributed by atoms with Crippen LogP contribution in [0.3, 0.4) is 0 Å².